The molecule has 0 bridgehead atoms. The first-order chi connectivity index (χ1) is 13.2. The summed E-state index contributed by atoms with van der Waals surface area (Å²) in [7, 11) is 0. The lowest BCUT2D eigenvalue weighted by Gasteiger charge is -2.37. The molecule has 0 N–H and O–H groups in total. The molecule has 0 aliphatic carbocycles. The van der Waals surface area contributed by atoms with Crippen molar-refractivity contribution in [3.63, 3.8) is 0 Å². The molecule has 138 valence electrons. The Morgan fingerprint density at radius 2 is 1.81 bits per heavy atom. The van der Waals surface area contributed by atoms with Crippen molar-refractivity contribution in [3.05, 3.63) is 51.8 Å². The van der Waals surface area contributed by atoms with E-state index in [-0.39, 0.29) is 11.7 Å². The van der Waals surface area contributed by atoms with Gasteiger partial charge in [0.15, 0.2) is 0 Å². The van der Waals surface area contributed by atoms with Gasteiger partial charge < -0.3 is 9.64 Å². The van der Waals surface area contributed by atoms with Crippen LogP contribution in [0, 0.1) is 22.7 Å². The average Bonchev–Trinajstić information content (AvgIpc) is 2.67. The molecular formula is C23H25N3O. The summed E-state index contributed by atoms with van der Waals surface area (Å²) in [5.41, 5.74) is 6.97. The molecule has 0 radical (unpaired) electrons. The molecule has 3 aliphatic rings. The zero-order valence-corrected chi connectivity index (χ0v) is 15.9. The van der Waals surface area contributed by atoms with Crippen molar-refractivity contribution in [2.75, 3.05) is 18.0 Å². The summed E-state index contributed by atoms with van der Waals surface area (Å²) in [5, 5.41) is 18.3. The van der Waals surface area contributed by atoms with Gasteiger partial charge in [-0.2, -0.15) is 10.5 Å². The zero-order chi connectivity index (χ0) is 18.8. The molecule has 4 heteroatoms. The highest BCUT2D eigenvalue weighted by Crippen LogP contribution is 2.36. The molecule has 4 nitrogen and oxygen atoms in total. The minimum atomic E-state index is 0.0330. The van der Waals surface area contributed by atoms with Crippen LogP contribution in [0.1, 0.15) is 49.3 Å². The maximum Gasteiger partial charge on any atom is 0.133 e. The van der Waals surface area contributed by atoms with Crippen molar-refractivity contribution in [2.24, 2.45) is 0 Å². The van der Waals surface area contributed by atoms with Crippen molar-refractivity contribution in [2.45, 2.75) is 58.0 Å². The van der Waals surface area contributed by atoms with Crippen LogP contribution in [0.15, 0.2) is 35.1 Å². The second-order valence-electron chi connectivity index (χ2n) is 7.82. The van der Waals surface area contributed by atoms with E-state index in [1.807, 2.05) is 25.1 Å². The van der Waals surface area contributed by atoms with Gasteiger partial charge in [0, 0.05) is 25.2 Å². The van der Waals surface area contributed by atoms with Gasteiger partial charge in [-0.3, -0.25) is 0 Å². The lowest BCUT2D eigenvalue weighted by Crippen LogP contribution is -2.34. The molecule has 0 aromatic heterocycles. The van der Waals surface area contributed by atoms with Gasteiger partial charge in [-0.25, -0.2) is 0 Å². The van der Waals surface area contributed by atoms with E-state index in [1.54, 1.807) is 0 Å². The third-order valence-electron chi connectivity index (χ3n) is 5.87. The lowest BCUT2D eigenvalue weighted by molar-refractivity contribution is 0.102. The molecule has 1 aromatic carbocycles. The van der Waals surface area contributed by atoms with E-state index in [9.17, 15) is 0 Å². The number of allylic oxidation sites excluding steroid dienone is 3. The van der Waals surface area contributed by atoms with Gasteiger partial charge in [0.25, 0.3) is 0 Å². The van der Waals surface area contributed by atoms with Crippen molar-refractivity contribution in [1.82, 2.24) is 0 Å². The van der Waals surface area contributed by atoms with Gasteiger partial charge >= 0.3 is 0 Å². The molecular weight excluding hydrogens is 334 g/mol. The van der Waals surface area contributed by atoms with Gasteiger partial charge in [0.1, 0.15) is 23.8 Å². The molecule has 1 aromatic rings. The fourth-order valence-corrected chi connectivity index (χ4v) is 4.74. The molecule has 0 saturated carbocycles. The first-order valence-corrected chi connectivity index (χ1v) is 9.96. The number of benzene rings is 1. The molecule has 1 atom stereocenters. The predicted octanol–water partition coefficient (Wildman–Crippen LogP) is 4.35. The summed E-state index contributed by atoms with van der Waals surface area (Å²) < 4.78 is 5.97. The molecule has 3 aliphatic heterocycles. The third-order valence-corrected chi connectivity index (χ3v) is 5.87. The number of anilines is 1. The Bertz CT molecular complexity index is 850. The number of rotatable bonds is 3. The van der Waals surface area contributed by atoms with Crippen LogP contribution in [-0.2, 0) is 24.0 Å². The summed E-state index contributed by atoms with van der Waals surface area (Å²) in [6, 6.07) is 8.81. The predicted molar refractivity (Wildman–Crippen MR) is 105 cm³/mol. The first-order valence-electron chi connectivity index (χ1n) is 9.96. The Hall–Kier alpha value is -2.72. The van der Waals surface area contributed by atoms with Crippen LogP contribution in [0.2, 0.25) is 0 Å². The maximum absolute atomic E-state index is 9.15. The van der Waals surface area contributed by atoms with Crippen molar-refractivity contribution < 1.29 is 4.74 Å². The minimum absolute atomic E-state index is 0.0330. The average molecular weight is 359 g/mol. The van der Waals surface area contributed by atoms with E-state index in [2.05, 4.69) is 17.0 Å². The van der Waals surface area contributed by atoms with Gasteiger partial charge in [-0.05, 0) is 73.8 Å². The van der Waals surface area contributed by atoms with E-state index in [4.69, 9.17) is 15.3 Å². The Kier molecular flexibility index (Phi) is 4.90. The second kappa shape index (κ2) is 7.49. The first kappa shape index (κ1) is 17.7. The number of nitriles is 2. The lowest BCUT2D eigenvalue weighted by atomic mass is 9.88. The molecule has 0 amide bonds. The number of aryl methyl sites for hydroxylation is 3. The van der Waals surface area contributed by atoms with Crippen LogP contribution >= 0.6 is 0 Å². The van der Waals surface area contributed by atoms with Crippen molar-refractivity contribution >= 4 is 5.69 Å². The van der Waals surface area contributed by atoms with E-state index in [0.717, 1.165) is 24.2 Å². The standard InChI is InChI=1S/C23H25N3O/c1-16-10-20(21(14-24)15-25)13-22(27-16)7-6-17-11-18-4-2-8-26-9-3-5-19(12-17)23(18)26/h10-12,22H,2-9,13H2,1H3. The normalized spacial score (nSPS) is 20.7. The zero-order valence-electron chi connectivity index (χ0n) is 15.9. The number of ether oxygens (including phenoxy) is 1. The summed E-state index contributed by atoms with van der Waals surface area (Å²) in [5.74, 6) is 0.792. The summed E-state index contributed by atoms with van der Waals surface area (Å²) >= 11 is 0. The Labute approximate surface area is 161 Å². The van der Waals surface area contributed by atoms with Gasteiger partial charge in [-0.15, -0.1) is 0 Å². The highest BCUT2D eigenvalue weighted by atomic mass is 16.5. The summed E-state index contributed by atoms with van der Waals surface area (Å²) in [4.78, 5) is 2.57. The highest BCUT2D eigenvalue weighted by molar-refractivity contribution is 5.64. The van der Waals surface area contributed by atoms with E-state index >= 15 is 0 Å². The molecule has 27 heavy (non-hydrogen) atoms. The van der Waals surface area contributed by atoms with Crippen molar-refractivity contribution in [3.8, 4) is 12.1 Å². The second-order valence-corrected chi connectivity index (χ2v) is 7.82. The van der Waals surface area contributed by atoms with Crippen LogP contribution in [0.3, 0.4) is 0 Å². The maximum atomic E-state index is 9.15. The van der Waals surface area contributed by atoms with Gasteiger partial charge in [-0.1, -0.05) is 12.1 Å². The van der Waals surface area contributed by atoms with Crippen LogP contribution in [0.5, 0.6) is 0 Å². The van der Waals surface area contributed by atoms with Crippen LogP contribution in [0.25, 0.3) is 0 Å². The molecule has 4 rings (SSSR count). The highest BCUT2D eigenvalue weighted by Gasteiger charge is 2.25. The van der Waals surface area contributed by atoms with Gasteiger partial charge in [0.2, 0.25) is 0 Å². The summed E-state index contributed by atoms with van der Waals surface area (Å²) in [6.45, 7) is 4.31. The molecule has 0 fully saturated rings. The fourth-order valence-electron chi connectivity index (χ4n) is 4.74. The fraction of sp³-hybridized carbons (Fsp3) is 0.478. The van der Waals surface area contributed by atoms with E-state index in [0.29, 0.717) is 6.42 Å². The largest absolute Gasteiger partial charge is 0.495 e. The molecule has 0 spiro atoms. The smallest absolute Gasteiger partial charge is 0.133 e. The SMILES string of the molecule is CC1=CC(=C(C#N)C#N)CC(CCc2cc3c4c(c2)CCCN4CCC3)O1. The molecule has 0 saturated heterocycles. The quantitative estimate of drug-likeness (QED) is 0.753. The number of hydrogen-bond acceptors (Lipinski definition) is 4. The minimum Gasteiger partial charge on any atom is -0.495 e. The van der Waals surface area contributed by atoms with E-state index in [1.165, 1.54) is 61.2 Å². The van der Waals surface area contributed by atoms with Gasteiger partial charge in [0.05, 0.1) is 5.76 Å². The Morgan fingerprint density at radius 1 is 1.15 bits per heavy atom. The molecule has 3 heterocycles. The van der Waals surface area contributed by atoms with Crippen LogP contribution in [0.4, 0.5) is 5.69 Å². The Morgan fingerprint density at radius 3 is 2.44 bits per heavy atom. The monoisotopic (exact) mass is 359 g/mol. The van der Waals surface area contributed by atoms with E-state index < -0.39 is 0 Å². The Balaban J connectivity index is 1.50. The number of hydrogen-bond donors (Lipinski definition) is 0. The van der Waals surface area contributed by atoms with Crippen molar-refractivity contribution in [1.29, 1.82) is 10.5 Å². The number of nitrogens with zero attached hydrogens (tertiary/aromatic N) is 3. The summed E-state index contributed by atoms with van der Waals surface area (Å²) in [6.07, 6.45) is 9.26. The topological polar surface area (TPSA) is 60.0 Å². The van der Waals surface area contributed by atoms with Crippen LogP contribution < -0.4 is 4.90 Å². The van der Waals surface area contributed by atoms with Crippen LogP contribution in [-0.4, -0.2) is 19.2 Å². The third kappa shape index (κ3) is 3.58. The molecule has 1 unspecified atom stereocenters.